The molecule has 1 unspecified atom stereocenters. The second kappa shape index (κ2) is 4.45. The summed E-state index contributed by atoms with van der Waals surface area (Å²) in [6, 6.07) is 1.01. The Balaban J connectivity index is 0.000000404. The topological polar surface area (TPSA) is 3.24 Å². The van der Waals surface area contributed by atoms with Crippen molar-refractivity contribution in [3.05, 3.63) is 0 Å². The van der Waals surface area contributed by atoms with Gasteiger partial charge < -0.3 is 0 Å². The van der Waals surface area contributed by atoms with Gasteiger partial charge in [0.25, 0.3) is 0 Å². The normalized spacial score (nSPS) is 34.2. The predicted molar refractivity (Wildman–Crippen MR) is 66.1 cm³/mol. The molecule has 2 saturated carbocycles. The fourth-order valence-electron chi connectivity index (χ4n) is 3.50. The number of nitrogens with zero attached hydrogens (tertiary/aromatic N) is 1. The zero-order valence-electron chi connectivity index (χ0n) is 10.8. The van der Waals surface area contributed by atoms with Gasteiger partial charge in [-0.25, -0.2) is 0 Å². The van der Waals surface area contributed by atoms with Crippen molar-refractivity contribution in [2.75, 3.05) is 6.54 Å². The van der Waals surface area contributed by atoms with Crippen LogP contribution >= 0.6 is 0 Å². The van der Waals surface area contributed by atoms with Gasteiger partial charge in [-0.3, -0.25) is 4.90 Å². The lowest BCUT2D eigenvalue weighted by Crippen LogP contribution is -2.58. The van der Waals surface area contributed by atoms with E-state index in [1.54, 1.807) is 0 Å². The molecule has 0 radical (unpaired) electrons. The van der Waals surface area contributed by atoms with E-state index in [2.05, 4.69) is 11.8 Å². The SMILES string of the molecule is CC.CC1CCN(C2CC2)C2(CCC2)C1. The minimum atomic E-state index is 0.707. The monoisotopic (exact) mass is 209 g/mol. The first kappa shape index (κ1) is 11.4. The van der Waals surface area contributed by atoms with E-state index in [9.17, 15) is 0 Å². The van der Waals surface area contributed by atoms with Gasteiger partial charge in [0.1, 0.15) is 0 Å². The number of hydrogen-bond acceptors (Lipinski definition) is 1. The molecule has 0 aromatic carbocycles. The second-order valence-corrected chi connectivity index (χ2v) is 5.60. The van der Waals surface area contributed by atoms with Crippen molar-refractivity contribution in [1.82, 2.24) is 4.90 Å². The predicted octanol–water partition coefficient (Wildman–Crippen LogP) is 3.83. The van der Waals surface area contributed by atoms with Gasteiger partial charge in [-0.05, 0) is 57.4 Å². The van der Waals surface area contributed by atoms with Crippen LogP contribution in [0, 0.1) is 5.92 Å². The van der Waals surface area contributed by atoms with E-state index >= 15 is 0 Å². The number of piperidine rings is 1. The van der Waals surface area contributed by atoms with E-state index in [-0.39, 0.29) is 0 Å². The maximum Gasteiger partial charge on any atom is 0.0215 e. The van der Waals surface area contributed by atoms with Crippen LogP contribution in [0.5, 0.6) is 0 Å². The molecule has 1 heterocycles. The fraction of sp³-hybridized carbons (Fsp3) is 1.00. The van der Waals surface area contributed by atoms with Crippen molar-refractivity contribution in [3.8, 4) is 0 Å². The molecule has 1 aliphatic heterocycles. The smallest absolute Gasteiger partial charge is 0.0215 e. The molecule has 1 saturated heterocycles. The van der Waals surface area contributed by atoms with Crippen molar-refractivity contribution in [2.24, 2.45) is 5.92 Å². The maximum atomic E-state index is 2.89. The molecule has 0 amide bonds. The van der Waals surface area contributed by atoms with E-state index in [0.29, 0.717) is 5.54 Å². The minimum Gasteiger partial charge on any atom is -0.295 e. The summed E-state index contributed by atoms with van der Waals surface area (Å²) in [5, 5.41) is 0. The van der Waals surface area contributed by atoms with Crippen LogP contribution in [0.1, 0.15) is 65.7 Å². The van der Waals surface area contributed by atoms with Crippen molar-refractivity contribution in [2.45, 2.75) is 77.3 Å². The van der Waals surface area contributed by atoms with Crippen LogP contribution < -0.4 is 0 Å². The summed E-state index contributed by atoms with van der Waals surface area (Å²) in [4.78, 5) is 2.89. The molecule has 1 spiro atoms. The molecule has 88 valence electrons. The summed E-state index contributed by atoms with van der Waals surface area (Å²) < 4.78 is 0. The minimum absolute atomic E-state index is 0.707. The first-order chi connectivity index (χ1) is 7.30. The van der Waals surface area contributed by atoms with E-state index in [1.807, 2.05) is 13.8 Å². The van der Waals surface area contributed by atoms with Crippen molar-refractivity contribution in [1.29, 1.82) is 0 Å². The van der Waals surface area contributed by atoms with Crippen LogP contribution in [0.15, 0.2) is 0 Å². The van der Waals surface area contributed by atoms with E-state index in [0.717, 1.165) is 12.0 Å². The number of rotatable bonds is 1. The van der Waals surface area contributed by atoms with Crippen molar-refractivity contribution < 1.29 is 0 Å². The Hall–Kier alpha value is -0.0400. The third-order valence-corrected chi connectivity index (χ3v) is 4.47. The van der Waals surface area contributed by atoms with E-state index < -0.39 is 0 Å². The van der Waals surface area contributed by atoms with E-state index in [1.165, 1.54) is 51.5 Å². The van der Waals surface area contributed by atoms with Crippen LogP contribution in [0.4, 0.5) is 0 Å². The van der Waals surface area contributed by atoms with Crippen LogP contribution in [0.3, 0.4) is 0 Å². The zero-order chi connectivity index (χ0) is 10.9. The largest absolute Gasteiger partial charge is 0.295 e. The lowest BCUT2D eigenvalue weighted by Gasteiger charge is -2.55. The first-order valence-corrected chi connectivity index (χ1v) is 7.07. The molecule has 3 rings (SSSR count). The molecule has 15 heavy (non-hydrogen) atoms. The fourth-order valence-corrected chi connectivity index (χ4v) is 3.50. The highest BCUT2D eigenvalue weighted by Crippen LogP contribution is 2.50. The lowest BCUT2D eigenvalue weighted by atomic mass is 9.67. The van der Waals surface area contributed by atoms with Crippen LogP contribution in [0.25, 0.3) is 0 Å². The quantitative estimate of drug-likeness (QED) is 0.634. The van der Waals surface area contributed by atoms with Gasteiger partial charge in [-0.1, -0.05) is 20.8 Å². The molecular formula is C14H27N. The van der Waals surface area contributed by atoms with Crippen LogP contribution in [-0.4, -0.2) is 23.0 Å². The van der Waals surface area contributed by atoms with Gasteiger partial charge in [0, 0.05) is 11.6 Å². The van der Waals surface area contributed by atoms with Gasteiger partial charge >= 0.3 is 0 Å². The number of likely N-dealkylation sites (tertiary alicyclic amines) is 1. The Morgan fingerprint density at radius 2 is 1.73 bits per heavy atom. The van der Waals surface area contributed by atoms with Crippen LogP contribution in [0.2, 0.25) is 0 Å². The Morgan fingerprint density at radius 3 is 2.20 bits per heavy atom. The third-order valence-electron chi connectivity index (χ3n) is 4.47. The maximum absolute atomic E-state index is 2.89. The van der Waals surface area contributed by atoms with Crippen LogP contribution in [-0.2, 0) is 0 Å². The Kier molecular flexibility index (Phi) is 3.39. The van der Waals surface area contributed by atoms with Gasteiger partial charge in [0.2, 0.25) is 0 Å². The van der Waals surface area contributed by atoms with Gasteiger partial charge in [-0.2, -0.15) is 0 Å². The zero-order valence-corrected chi connectivity index (χ0v) is 10.8. The third kappa shape index (κ3) is 2.08. The van der Waals surface area contributed by atoms with Gasteiger partial charge in [-0.15, -0.1) is 0 Å². The van der Waals surface area contributed by atoms with Gasteiger partial charge in [0.15, 0.2) is 0 Å². The van der Waals surface area contributed by atoms with Gasteiger partial charge in [0.05, 0.1) is 0 Å². The summed E-state index contributed by atoms with van der Waals surface area (Å²) in [5.41, 5.74) is 0.707. The summed E-state index contributed by atoms with van der Waals surface area (Å²) in [6.07, 6.45) is 10.5. The van der Waals surface area contributed by atoms with E-state index in [4.69, 9.17) is 0 Å². The highest BCUT2D eigenvalue weighted by Gasteiger charge is 2.50. The first-order valence-electron chi connectivity index (χ1n) is 7.07. The Morgan fingerprint density at radius 1 is 1.07 bits per heavy atom. The summed E-state index contributed by atoms with van der Waals surface area (Å²) in [7, 11) is 0. The molecule has 1 nitrogen and oxygen atoms in total. The summed E-state index contributed by atoms with van der Waals surface area (Å²) >= 11 is 0. The molecular weight excluding hydrogens is 182 g/mol. The molecule has 1 heteroatoms. The molecule has 3 aliphatic rings. The lowest BCUT2D eigenvalue weighted by molar-refractivity contribution is -0.0405. The molecule has 0 aromatic heterocycles. The summed E-state index contributed by atoms with van der Waals surface area (Å²) in [5.74, 6) is 0.996. The van der Waals surface area contributed by atoms with Crippen molar-refractivity contribution in [3.63, 3.8) is 0 Å². The Bertz CT molecular complexity index is 203. The molecule has 1 atom stereocenters. The Labute approximate surface area is 95.2 Å². The summed E-state index contributed by atoms with van der Waals surface area (Å²) in [6.45, 7) is 7.86. The highest BCUT2D eigenvalue weighted by molar-refractivity contribution is 5.06. The average Bonchev–Trinajstić information content (AvgIpc) is 3.02. The standard InChI is InChI=1S/C12H21N.C2H6/c1-10-5-8-13(11-3-4-11)12(9-10)6-2-7-12;1-2/h10-11H,2-9H2,1H3;1-2H3. The molecule has 0 bridgehead atoms. The second-order valence-electron chi connectivity index (χ2n) is 5.60. The molecule has 2 aliphatic carbocycles. The van der Waals surface area contributed by atoms with Crippen molar-refractivity contribution >= 4 is 0 Å². The molecule has 0 aromatic rings. The number of hydrogen-bond donors (Lipinski definition) is 0. The molecule has 3 fully saturated rings. The molecule has 0 N–H and O–H groups in total. The average molecular weight is 209 g/mol. The highest BCUT2D eigenvalue weighted by atomic mass is 15.3.